The Morgan fingerprint density at radius 1 is 1.10 bits per heavy atom. The van der Waals surface area contributed by atoms with Gasteiger partial charge in [0.2, 0.25) is 0 Å². The molecule has 0 unspecified atom stereocenters. The summed E-state index contributed by atoms with van der Waals surface area (Å²) in [6.07, 6.45) is 4.00. The Kier molecular flexibility index (Phi) is 8.74. The molecule has 0 radical (unpaired) electrons. The van der Waals surface area contributed by atoms with Gasteiger partial charge in [0.1, 0.15) is 23.9 Å². The number of amides is 2. The van der Waals surface area contributed by atoms with Crippen LogP contribution in [0.25, 0.3) is 0 Å². The van der Waals surface area contributed by atoms with E-state index in [1.165, 1.54) is 25.6 Å². The average molecular weight is 556 g/mol. The molecule has 0 saturated carbocycles. The Labute approximate surface area is 225 Å². The summed E-state index contributed by atoms with van der Waals surface area (Å²) in [6, 6.07) is 5.38. The highest BCUT2D eigenvalue weighted by Crippen LogP contribution is 2.26. The van der Waals surface area contributed by atoms with Gasteiger partial charge >= 0.3 is 0 Å². The number of carbonyl (C=O) groups excluding carboxylic acids is 2. The number of pyridine rings is 2. The van der Waals surface area contributed by atoms with Crippen LogP contribution >= 0.6 is 0 Å². The minimum absolute atomic E-state index is 0.00829. The van der Waals surface area contributed by atoms with Crippen molar-refractivity contribution in [3.05, 3.63) is 111 Å². The van der Waals surface area contributed by atoms with Crippen molar-refractivity contribution in [1.29, 1.82) is 0 Å². The Bertz CT molecular complexity index is 1590. The number of hydrogen-bond donors (Lipinski definition) is 3. The molecule has 13 heteroatoms. The average Bonchev–Trinajstić information content (AvgIpc) is 3.43. The topological polar surface area (TPSA) is 139 Å². The fourth-order valence-corrected chi connectivity index (χ4v) is 4.08. The van der Waals surface area contributed by atoms with E-state index in [4.69, 9.17) is 9.26 Å². The Balaban J connectivity index is 1.65. The van der Waals surface area contributed by atoms with E-state index in [9.17, 15) is 27.6 Å². The summed E-state index contributed by atoms with van der Waals surface area (Å²) in [4.78, 5) is 45.2. The third kappa shape index (κ3) is 6.26. The van der Waals surface area contributed by atoms with E-state index in [2.05, 4.69) is 25.8 Å². The van der Waals surface area contributed by atoms with Gasteiger partial charge < -0.3 is 24.9 Å². The minimum Gasteiger partial charge on any atom is -0.384 e. The summed E-state index contributed by atoms with van der Waals surface area (Å²) in [7, 11) is 1.41. The maximum atomic E-state index is 14.1. The molecular formula is C27H24F3N5O5. The number of methoxy groups -OCH3 is 1. The molecular weight excluding hydrogens is 531 g/mol. The molecule has 0 aliphatic carbocycles. The summed E-state index contributed by atoms with van der Waals surface area (Å²) >= 11 is 0. The zero-order chi connectivity index (χ0) is 28.8. The molecule has 3 heterocycles. The van der Waals surface area contributed by atoms with Gasteiger partial charge in [-0.3, -0.25) is 14.4 Å². The SMILES string of the molecule is CCc1conc1C(=O)N[C@H](C(=O)Nc1cc([C@@H](COC)c2cc(F)c[nH]c2=O)ccn1)c1ccc(F)c(F)c1. The second kappa shape index (κ2) is 12.4. The molecule has 0 aliphatic heterocycles. The van der Waals surface area contributed by atoms with Gasteiger partial charge in [-0.15, -0.1) is 0 Å². The van der Waals surface area contributed by atoms with Gasteiger partial charge in [-0.1, -0.05) is 18.1 Å². The first-order valence-corrected chi connectivity index (χ1v) is 12.0. The summed E-state index contributed by atoms with van der Waals surface area (Å²) in [5.41, 5.74) is 0.402. The molecule has 208 valence electrons. The number of H-pyrrole nitrogens is 1. The van der Waals surface area contributed by atoms with Crippen molar-refractivity contribution in [3.63, 3.8) is 0 Å². The second-order valence-electron chi connectivity index (χ2n) is 8.70. The van der Waals surface area contributed by atoms with Crippen molar-refractivity contribution in [2.45, 2.75) is 25.3 Å². The van der Waals surface area contributed by atoms with Gasteiger partial charge in [0.05, 0.1) is 6.61 Å². The molecule has 0 fully saturated rings. The van der Waals surface area contributed by atoms with Crippen molar-refractivity contribution in [2.24, 2.45) is 0 Å². The van der Waals surface area contributed by atoms with Crippen molar-refractivity contribution >= 4 is 17.6 Å². The van der Waals surface area contributed by atoms with Crippen LogP contribution < -0.4 is 16.2 Å². The van der Waals surface area contributed by atoms with Crippen molar-refractivity contribution in [3.8, 4) is 0 Å². The quantitative estimate of drug-likeness (QED) is 0.272. The number of aromatic nitrogens is 3. The third-order valence-corrected chi connectivity index (χ3v) is 6.10. The summed E-state index contributed by atoms with van der Waals surface area (Å²) in [5, 5.41) is 8.69. The molecule has 4 aromatic rings. The van der Waals surface area contributed by atoms with Crippen molar-refractivity contribution in [2.75, 3.05) is 19.0 Å². The van der Waals surface area contributed by atoms with Gasteiger partial charge in [0.15, 0.2) is 17.3 Å². The number of benzene rings is 1. The van der Waals surface area contributed by atoms with Gasteiger partial charge in [0, 0.05) is 36.5 Å². The highest BCUT2D eigenvalue weighted by Gasteiger charge is 2.28. The lowest BCUT2D eigenvalue weighted by Gasteiger charge is -2.20. The number of anilines is 1. The Morgan fingerprint density at radius 3 is 2.62 bits per heavy atom. The highest BCUT2D eigenvalue weighted by atomic mass is 19.2. The number of nitrogens with one attached hydrogen (secondary N) is 3. The highest BCUT2D eigenvalue weighted by molar-refractivity contribution is 6.01. The predicted octanol–water partition coefficient (Wildman–Crippen LogP) is 3.63. The molecule has 3 aromatic heterocycles. The standard InChI is InChI=1S/C27H24F3N5O5/c1-3-14-12-40-35-24(14)27(38)34-23(16-4-5-20(29)21(30)8-16)26(37)33-22-9-15(6-7-31-22)19(13-39-2)18-10-17(28)11-32-25(18)36/h4-12,19,23H,3,13H2,1-2H3,(H,32,36)(H,34,38)(H,31,33,37)/t19-,23+/m1/s1. The molecule has 4 rings (SSSR count). The van der Waals surface area contributed by atoms with Crippen LogP contribution in [-0.2, 0) is 16.0 Å². The number of rotatable bonds is 10. The molecule has 2 atom stereocenters. The Morgan fingerprint density at radius 2 is 1.90 bits per heavy atom. The molecule has 10 nitrogen and oxygen atoms in total. The molecule has 0 spiro atoms. The molecule has 0 aliphatic rings. The van der Waals surface area contributed by atoms with E-state index in [0.29, 0.717) is 17.5 Å². The van der Waals surface area contributed by atoms with Gasteiger partial charge in [-0.05, 0) is 47.9 Å². The third-order valence-electron chi connectivity index (χ3n) is 6.10. The Hall–Kier alpha value is -4.78. The normalized spacial score (nSPS) is 12.5. The maximum absolute atomic E-state index is 14.1. The maximum Gasteiger partial charge on any atom is 0.274 e. The van der Waals surface area contributed by atoms with Crippen LogP contribution in [0.3, 0.4) is 0 Å². The largest absolute Gasteiger partial charge is 0.384 e. The number of nitrogens with zero attached hydrogens (tertiary/aromatic N) is 2. The first kappa shape index (κ1) is 28.2. The van der Waals surface area contributed by atoms with Gasteiger partial charge in [0.25, 0.3) is 17.4 Å². The lowest BCUT2D eigenvalue weighted by Crippen LogP contribution is -2.37. The van der Waals surface area contributed by atoms with Crippen molar-refractivity contribution < 1.29 is 32.0 Å². The molecule has 3 N–H and O–H groups in total. The van der Waals surface area contributed by atoms with Gasteiger partial charge in [-0.25, -0.2) is 18.2 Å². The first-order chi connectivity index (χ1) is 19.2. The fraction of sp³-hybridized carbons (Fsp3) is 0.222. The van der Waals surface area contributed by atoms with E-state index < -0.39 is 46.8 Å². The fourth-order valence-electron chi connectivity index (χ4n) is 4.08. The lowest BCUT2D eigenvalue weighted by molar-refractivity contribution is -0.118. The van der Waals surface area contributed by atoms with Crippen molar-refractivity contribution in [1.82, 2.24) is 20.4 Å². The van der Waals surface area contributed by atoms with Crippen LogP contribution in [-0.4, -0.2) is 40.7 Å². The molecule has 40 heavy (non-hydrogen) atoms. The van der Waals surface area contributed by atoms with E-state index >= 15 is 0 Å². The lowest BCUT2D eigenvalue weighted by atomic mass is 9.93. The number of ether oxygens (including phenoxy) is 1. The zero-order valence-electron chi connectivity index (χ0n) is 21.3. The van der Waals surface area contributed by atoms with Crippen LogP contribution in [0, 0.1) is 17.5 Å². The van der Waals surface area contributed by atoms with E-state index in [0.717, 1.165) is 30.5 Å². The monoisotopic (exact) mass is 555 g/mol. The van der Waals surface area contributed by atoms with Crippen LogP contribution in [0.1, 0.15) is 51.6 Å². The molecule has 1 aromatic carbocycles. The number of aryl methyl sites for hydroxylation is 1. The number of hydrogen-bond acceptors (Lipinski definition) is 7. The van der Waals surface area contributed by atoms with Crippen LogP contribution in [0.15, 0.2) is 64.4 Å². The van der Waals surface area contributed by atoms with Crippen LogP contribution in [0.2, 0.25) is 0 Å². The first-order valence-electron chi connectivity index (χ1n) is 12.0. The van der Waals surface area contributed by atoms with E-state index in [-0.39, 0.29) is 29.2 Å². The van der Waals surface area contributed by atoms with Crippen LogP contribution in [0.4, 0.5) is 19.0 Å². The summed E-state index contributed by atoms with van der Waals surface area (Å²) in [5.74, 6) is -5.33. The zero-order valence-corrected chi connectivity index (χ0v) is 21.3. The number of aromatic amines is 1. The smallest absolute Gasteiger partial charge is 0.274 e. The number of carbonyl (C=O) groups is 2. The van der Waals surface area contributed by atoms with Crippen LogP contribution in [0.5, 0.6) is 0 Å². The molecule has 0 saturated heterocycles. The second-order valence-corrected chi connectivity index (χ2v) is 8.70. The van der Waals surface area contributed by atoms with E-state index in [1.54, 1.807) is 13.0 Å². The summed E-state index contributed by atoms with van der Waals surface area (Å²) < 4.78 is 51.7. The molecule has 0 bridgehead atoms. The number of halogens is 3. The summed E-state index contributed by atoms with van der Waals surface area (Å²) in [6.45, 7) is 1.78. The van der Waals surface area contributed by atoms with Gasteiger partial charge in [-0.2, -0.15) is 0 Å². The van der Waals surface area contributed by atoms with E-state index in [1.807, 2.05) is 0 Å². The minimum atomic E-state index is -1.49. The molecule has 2 amide bonds. The predicted molar refractivity (Wildman–Crippen MR) is 136 cm³/mol.